The van der Waals surface area contributed by atoms with Gasteiger partial charge in [0.25, 0.3) is 10.2 Å². The summed E-state index contributed by atoms with van der Waals surface area (Å²) in [7, 11) is -4.44. The van der Waals surface area contributed by atoms with E-state index >= 15 is 0 Å². The van der Waals surface area contributed by atoms with Crippen LogP contribution in [0.1, 0.15) is 6.42 Å². The largest absolute Gasteiger partial charge is 0.274 e. The van der Waals surface area contributed by atoms with E-state index in [1.807, 2.05) is 0 Å². The predicted molar refractivity (Wildman–Crippen MR) is 44.7 cm³/mol. The van der Waals surface area contributed by atoms with Crippen LogP contribution >= 0.6 is 0 Å². The Morgan fingerprint density at radius 3 is 2.45 bits per heavy atom. The van der Waals surface area contributed by atoms with Crippen LogP contribution in [0.15, 0.2) is 0 Å². The Balaban J connectivity index is 3.37. The Labute approximate surface area is 69.0 Å². The van der Waals surface area contributed by atoms with E-state index in [4.69, 9.17) is 0 Å². The highest BCUT2D eigenvalue weighted by Gasteiger charge is 1.99. The van der Waals surface area contributed by atoms with Gasteiger partial charge in [-0.25, -0.2) is 9.86 Å². The van der Waals surface area contributed by atoms with Gasteiger partial charge < -0.3 is 0 Å². The second-order valence-electron chi connectivity index (χ2n) is 2.07. The first-order valence-electron chi connectivity index (χ1n) is 2.99. The maximum absolute atomic E-state index is 10.5. The van der Waals surface area contributed by atoms with Crippen molar-refractivity contribution >= 4 is 21.0 Å². The summed E-state index contributed by atoms with van der Waals surface area (Å²) in [5, 5.41) is 4.64. The first-order valence-corrected chi connectivity index (χ1v) is 6.26. The van der Waals surface area contributed by atoms with E-state index in [1.54, 1.807) is 6.26 Å². The van der Waals surface area contributed by atoms with Crippen molar-refractivity contribution in [3.8, 4) is 0 Å². The molecule has 3 N–H and O–H groups in total. The summed E-state index contributed by atoms with van der Waals surface area (Å²) in [6.45, 7) is 0.248. The molecule has 0 heterocycles. The summed E-state index contributed by atoms with van der Waals surface area (Å²) in [5.41, 5.74) is 0. The first kappa shape index (κ1) is 11.0. The third-order valence-electron chi connectivity index (χ3n) is 0.912. The second kappa shape index (κ2) is 4.81. The van der Waals surface area contributed by atoms with E-state index in [9.17, 15) is 12.6 Å². The van der Waals surface area contributed by atoms with Crippen molar-refractivity contribution in [3.05, 3.63) is 0 Å². The van der Waals surface area contributed by atoms with Gasteiger partial charge in [-0.05, 0) is 6.42 Å². The first-order chi connectivity index (χ1) is 4.92. The molecule has 0 aliphatic rings. The third kappa shape index (κ3) is 10.0. The van der Waals surface area contributed by atoms with E-state index in [0.717, 1.165) is 0 Å². The Morgan fingerprint density at radius 2 is 2.09 bits per heavy atom. The molecule has 68 valence electrons. The molecular weight excluding hydrogens is 188 g/mol. The third-order valence-corrected chi connectivity index (χ3v) is 2.38. The van der Waals surface area contributed by atoms with Crippen LogP contribution in [0, 0.1) is 0 Å². The molecule has 0 aliphatic heterocycles. The predicted octanol–water partition coefficient (Wildman–Crippen LogP) is -1.45. The quantitative estimate of drug-likeness (QED) is 0.532. The monoisotopic (exact) mass is 200 g/mol. The molecule has 0 aromatic heterocycles. The minimum Gasteiger partial charge on any atom is -0.260 e. The number of rotatable bonds is 5. The van der Waals surface area contributed by atoms with E-state index in [2.05, 4.69) is 9.86 Å². The van der Waals surface area contributed by atoms with Crippen molar-refractivity contribution < 1.29 is 12.6 Å². The molecular formula is C4H12N2O3S2. The van der Waals surface area contributed by atoms with Crippen LogP contribution in [-0.2, 0) is 21.0 Å². The fourth-order valence-corrected chi connectivity index (χ4v) is 1.47. The standard InChI is InChI=1S/C4H12N2O3S2/c1-10(7)4-2-3-6-11(5,8)9/h6H,2-4H2,1H3,(H2,5,8,9). The van der Waals surface area contributed by atoms with Crippen molar-refractivity contribution in [3.63, 3.8) is 0 Å². The van der Waals surface area contributed by atoms with Crippen molar-refractivity contribution in [2.45, 2.75) is 6.42 Å². The molecule has 5 nitrogen and oxygen atoms in total. The minimum absolute atomic E-state index is 0.248. The van der Waals surface area contributed by atoms with Crippen LogP contribution < -0.4 is 9.86 Å². The molecule has 0 saturated carbocycles. The van der Waals surface area contributed by atoms with Crippen molar-refractivity contribution in [2.24, 2.45) is 5.14 Å². The van der Waals surface area contributed by atoms with Crippen LogP contribution in [0.5, 0.6) is 0 Å². The topological polar surface area (TPSA) is 89.3 Å². The summed E-state index contributed by atoms with van der Waals surface area (Å²) in [6, 6.07) is 0. The molecule has 1 unspecified atom stereocenters. The summed E-state index contributed by atoms with van der Waals surface area (Å²) in [5.74, 6) is 0.489. The van der Waals surface area contributed by atoms with Crippen molar-refractivity contribution in [1.29, 1.82) is 0 Å². The molecule has 7 heteroatoms. The average Bonchev–Trinajstić information content (AvgIpc) is 1.78. The summed E-state index contributed by atoms with van der Waals surface area (Å²) >= 11 is 0. The highest BCUT2D eigenvalue weighted by atomic mass is 32.2. The van der Waals surface area contributed by atoms with Crippen LogP contribution in [-0.4, -0.2) is 31.2 Å². The Kier molecular flexibility index (Phi) is 4.82. The highest BCUT2D eigenvalue weighted by molar-refractivity contribution is 7.87. The second-order valence-corrected chi connectivity index (χ2v) is 5.00. The molecule has 0 rings (SSSR count). The van der Waals surface area contributed by atoms with Crippen LogP contribution in [0.3, 0.4) is 0 Å². The molecule has 0 amide bonds. The Morgan fingerprint density at radius 1 is 1.55 bits per heavy atom. The molecule has 0 aromatic rings. The molecule has 0 aliphatic carbocycles. The lowest BCUT2D eigenvalue weighted by Crippen LogP contribution is -2.32. The fourth-order valence-electron chi connectivity index (χ4n) is 0.490. The average molecular weight is 200 g/mol. The fraction of sp³-hybridized carbons (Fsp3) is 1.00. The zero-order chi connectivity index (χ0) is 8.91. The van der Waals surface area contributed by atoms with Gasteiger partial charge in [0.2, 0.25) is 0 Å². The Hall–Kier alpha value is 0.0200. The van der Waals surface area contributed by atoms with Gasteiger partial charge in [0.15, 0.2) is 0 Å². The summed E-state index contributed by atoms with van der Waals surface area (Å²) in [4.78, 5) is 0. The number of hydrogen-bond donors (Lipinski definition) is 2. The summed E-state index contributed by atoms with van der Waals surface area (Å²) < 4.78 is 33.1. The van der Waals surface area contributed by atoms with Crippen LogP contribution in [0.25, 0.3) is 0 Å². The van der Waals surface area contributed by atoms with E-state index in [0.29, 0.717) is 12.2 Å². The molecule has 0 bridgehead atoms. The SMILES string of the molecule is CS(=O)CCCNS(N)(=O)=O. The van der Waals surface area contributed by atoms with E-state index < -0.39 is 21.0 Å². The van der Waals surface area contributed by atoms with Crippen LogP contribution in [0.4, 0.5) is 0 Å². The lowest BCUT2D eigenvalue weighted by atomic mass is 10.5. The van der Waals surface area contributed by atoms with Gasteiger partial charge >= 0.3 is 0 Å². The highest BCUT2D eigenvalue weighted by Crippen LogP contribution is 1.81. The molecule has 0 aromatic carbocycles. The van der Waals surface area contributed by atoms with Gasteiger partial charge in [0, 0.05) is 29.4 Å². The Bertz CT molecular complexity index is 223. The van der Waals surface area contributed by atoms with E-state index in [1.165, 1.54) is 0 Å². The lowest BCUT2D eigenvalue weighted by Gasteiger charge is -1.99. The van der Waals surface area contributed by atoms with Crippen LogP contribution in [0.2, 0.25) is 0 Å². The van der Waals surface area contributed by atoms with E-state index in [-0.39, 0.29) is 6.54 Å². The number of nitrogens with two attached hydrogens (primary N) is 1. The molecule has 1 atom stereocenters. The molecule has 0 spiro atoms. The maximum atomic E-state index is 10.5. The van der Waals surface area contributed by atoms with Crippen molar-refractivity contribution in [1.82, 2.24) is 4.72 Å². The van der Waals surface area contributed by atoms with Crippen molar-refractivity contribution in [2.75, 3.05) is 18.6 Å². The number of nitrogens with one attached hydrogen (secondary N) is 1. The molecule has 11 heavy (non-hydrogen) atoms. The number of hydrogen-bond acceptors (Lipinski definition) is 3. The van der Waals surface area contributed by atoms with Gasteiger partial charge in [-0.3, -0.25) is 4.21 Å². The lowest BCUT2D eigenvalue weighted by molar-refractivity contribution is 0.582. The minimum atomic E-state index is -3.57. The van der Waals surface area contributed by atoms with Gasteiger partial charge in [0.1, 0.15) is 0 Å². The zero-order valence-electron chi connectivity index (χ0n) is 6.24. The van der Waals surface area contributed by atoms with Gasteiger partial charge in [-0.2, -0.15) is 8.42 Å². The summed E-state index contributed by atoms with van der Waals surface area (Å²) in [6.07, 6.45) is 2.11. The van der Waals surface area contributed by atoms with Gasteiger partial charge in [0.05, 0.1) is 0 Å². The zero-order valence-corrected chi connectivity index (χ0v) is 7.87. The normalized spacial score (nSPS) is 14.7. The molecule has 0 fully saturated rings. The van der Waals surface area contributed by atoms with Gasteiger partial charge in [-0.15, -0.1) is 0 Å². The van der Waals surface area contributed by atoms with Gasteiger partial charge in [-0.1, -0.05) is 0 Å². The maximum Gasteiger partial charge on any atom is 0.274 e. The molecule has 0 saturated heterocycles. The smallest absolute Gasteiger partial charge is 0.260 e. The molecule has 0 radical (unpaired) electrons.